The maximum absolute atomic E-state index is 12.6. The summed E-state index contributed by atoms with van der Waals surface area (Å²) in [7, 11) is 3.12. The van der Waals surface area contributed by atoms with E-state index in [9.17, 15) is 4.79 Å². The Kier molecular flexibility index (Phi) is 3.52. The number of Topliss-reactive ketones (excluding diaryl/α,β-unsaturated/α-hetero) is 1. The largest absolute Gasteiger partial charge is 0.497 e. The van der Waals surface area contributed by atoms with Crippen LogP contribution in [0.15, 0.2) is 42.5 Å². The Bertz CT molecular complexity index is 631. The zero-order valence-electron chi connectivity index (χ0n) is 12.0. The molecule has 4 nitrogen and oxygen atoms in total. The summed E-state index contributed by atoms with van der Waals surface area (Å²) in [5.41, 5.74) is 1.59. The summed E-state index contributed by atoms with van der Waals surface area (Å²) in [6.07, 6.45) is 0.105. The zero-order chi connectivity index (χ0) is 14.8. The summed E-state index contributed by atoms with van der Waals surface area (Å²) in [6, 6.07) is 12.9. The molecule has 0 bridgehead atoms. The number of hydrogen-bond donors (Lipinski definition) is 0. The molecule has 108 valence electrons. The number of carbonyl (C=O) groups excluding carboxylic acids is 1. The lowest BCUT2D eigenvalue weighted by molar-refractivity contribution is 0.0824. The second-order valence-corrected chi connectivity index (χ2v) is 4.88. The van der Waals surface area contributed by atoms with Crippen molar-refractivity contribution in [1.29, 1.82) is 0 Å². The molecule has 0 amide bonds. The lowest BCUT2D eigenvalue weighted by atomic mass is 10.0. The topological polar surface area (TPSA) is 44.8 Å². The van der Waals surface area contributed by atoms with Crippen molar-refractivity contribution in [2.45, 2.75) is 12.5 Å². The van der Waals surface area contributed by atoms with Gasteiger partial charge in [-0.3, -0.25) is 4.79 Å². The molecule has 0 N–H and O–H groups in total. The summed E-state index contributed by atoms with van der Waals surface area (Å²) in [5, 5.41) is 0. The SMILES string of the molecule is COc1cc(OC)cc(C(=O)C2Cc3ccccc3O2)c1. The smallest absolute Gasteiger partial charge is 0.203 e. The van der Waals surface area contributed by atoms with Crippen molar-refractivity contribution < 1.29 is 19.0 Å². The van der Waals surface area contributed by atoms with Crippen LogP contribution in [0.4, 0.5) is 0 Å². The fraction of sp³-hybridized carbons (Fsp3) is 0.235. The molecule has 3 rings (SSSR count). The van der Waals surface area contributed by atoms with Gasteiger partial charge in [-0.2, -0.15) is 0 Å². The number of carbonyl (C=O) groups is 1. The molecule has 21 heavy (non-hydrogen) atoms. The Balaban J connectivity index is 1.87. The predicted molar refractivity (Wildman–Crippen MR) is 78.4 cm³/mol. The maximum atomic E-state index is 12.6. The normalized spacial score (nSPS) is 16.0. The van der Waals surface area contributed by atoms with E-state index in [-0.39, 0.29) is 5.78 Å². The Morgan fingerprint density at radius 3 is 2.38 bits per heavy atom. The highest BCUT2D eigenvalue weighted by molar-refractivity contribution is 6.01. The van der Waals surface area contributed by atoms with Crippen LogP contribution in [0.5, 0.6) is 17.2 Å². The third-order valence-corrected chi connectivity index (χ3v) is 3.58. The quantitative estimate of drug-likeness (QED) is 0.810. The Labute approximate surface area is 123 Å². The van der Waals surface area contributed by atoms with Crippen LogP contribution in [0.25, 0.3) is 0 Å². The van der Waals surface area contributed by atoms with E-state index >= 15 is 0 Å². The van der Waals surface area contributed by atoms with Gasteiger partial charge in [-0.05, 0) is 23.8 Å². The maximum Gasteiger partial charge on any atom is 0.203 e. The van der Waals surface area contributed by atoms with Crippen LogP contribution < -0.4 is 14.2 Å². The van der Waals surface area contributed by atoms with E-state index < -0.39 is 6.10 Å². The Hall–Kier alpha value is -2.49. The number of fused-ring (bicyclic) bond motifs is 1. The molecule has 2 aromatic rings. The fourth-order valence-corrected chi connectivity index (χ4v) is 2.46. The van der Waals surface area contributed by atoms with Crippen LogP contribution in [-0.2, 0) is 6.42 Å². The van der Waals surface area contributed by atoms with Crippen molar-refractivity contribution in [2.24, 2.45) is 0 Å². The minimum absolute atomic E-state index is 0.0663. The van der Waals surface area contributed by atoms with Gasteiger partial charge in [0, 0.05) is 18.1 Å². The molecule has 0 saturated heterocycles. The number of benzene rings is 2. The Morgan fingerprint density at radius 2 is 1.76 bits per heavy atom. The lowest BCUT2D eigenvalue weighted by Gasteiger charge is -2.12. The van der Waals surface area contributed by atoms with E-state index in [4.69, 9.17) is 14.2 Å². The van der Waals surface area contributed by atoms with Crippen molar-refractivity contribution in [2.75, 3.05) is 14.2 Å². The summed E-state index contributed by atoms with van der Waals surface area (Å²) in [6.45, 7) is 0. The molecule has 1 aliphatic rings. The zero-order valence-corrected chi connectivity index (χ0v) is 12.0. The molecular weight excluding hydrogens is 268 g/mol. The first-order valence-electron chi connectivity index (χ1n) is 6.73. The highest BCUT2D eigenvalue weighted by atomic mass is 16.5. The van der Waals surface area contributed by atoms with Crippen LogP contribution in [0, 0.1) is 0 Å². The van der Waals surface area contributed by atoms with Gasteiger partial charge in [0.1, 0.15) is 17.2 Å². The van der Waals surface area contributed by atoms with E-state index in [0.717, 1.165) is 11.3 Å². The molecule has 2 aromatic carbocycles. The first kappa shape index (κ1) is 13.5. The van der Waals surface area contributed by atoms with Gasteiger partial charge in [0.15, 0.2) is 6.10 Å². The van der Waals surface area contributed by atoms with Crippen LogP contribution in [0.1, 0.15) is 15.9 Å². The molecule has 1 heterocycles. The number of ether oxygens (including phenoxy) is 3. The highest BCUT2D eigenvalue weighted by Crippen LogP contribution is 2.31. The van der Waals surface area contributed by atoms with Crippen LogP contribution >= 0.6 is 0 Å². The second-order valence-electron chi connectivity index (χ2n) is 4.88. The summed E-state index contributed by atoms with van der Waals surface area (Å²) < 4.78 is 16.1. The van der Waals surface area contributed by atoms with Gasteiger partial charge in [0.05, 0.1) is 14.2 Å². The van der Waals surface area contributed by atoms with Gasteiger partial charge in [-0.1, -0.05) is 18.2 Å². The van der Waals surface area contributed by atoms with Crippen molar-refractivity contribution in [3.63, 3.8) is 0 Å². The highest BCUT2D eigenvalue weighted by Gasteiger charge is 2.30. The monoisotopic (exact) mass is 284 g/mol. The van der Waals surface area contributed by atoms with Crippen LogP contribution in [0.3, 0.4) is 0 Å². The average molecular weight is 284 g/mol. The first-order chi connectivity index (χ1) is 10.2. The third-order valence-electron chi connectivity index (χ3n) is 3.58. The van der Waals surface area contributed by atoms with Crippen LogP contribution in [0.2, 0.25) is 0 Å². The van der Waals surface area contributed by atoms with Gasteiger partial charge in [-0.15, -0.1) is 0 Å². The molecular formula is C17H16O4. The molecule has 0 aliphatic carbocycles. The Morgan fingerprint density at radius 1 is 1.10 bits per heavy atom. The number of methoxy groups -OCH3 is 2. The van der Waals surface area contributed by atoms with Gasteiger partial charge < -0.3 is 14.2 Å². The van der Waals surface area contributed by atoms with Gasteiger partial charge in [0.2, 0.25) is 5.78 Å². The minimum Gasteiger partial charge on any atom is -0.497 e. The molecule has 0 saturated carbocycles. The van der Waals surface area contributed by atoms with Gasteiger partial charge in [0.25, 0.3) is 0 Å². The first-order valence-corrected chi connectivity index (χ1v) is 6.73. The third kappa shape index (κ3) is 2.57. The number of para-hydroxylation sites is 1. The molecule has 0 spiro atoms. The molecule has 4 heteroatoms. The molecule has 0 fully saturated rings. The van der Waals surface area contributed by atoms with E-state index in [1.165, 1.54) is 0 Å². The van der Waals surface area contributed by atoms with Crippen LogP contribution in [-0.4, -0.2) is 26.1 Å². The van der Waals surface area contributed by atoms with E-state index in [0.29, 0.717) is 23.5 Å². The van der Waals surface area contributed by atoms with Crippen molar-refractivity contribution in [3.8, 4) is 17.2 Å². The van der Waals surface area contributed by atoms with Gasteiger partial charge >= 0.3 is 0 Å². The minimum atomic E-state index is -0.487. The fourth-order valence-electron chi connectivity index (χ4n) is 2.46. The van der Waals surface area contributed by atoms with E-state index in [1.807, 2.05) is 24.3 Å². The number of hydrogen-bond acceptors (Lipinski definition) is 4. The standard InChI is InChI=1S/C17H16O4/c1-19-13-7-12(8-14(10-13)20-2)17(18)16-9-11-5-3-4-6-15(11)21-16/h3-8,10,16H,9H2,1-2H3. The molecule has 1 atom stereocenters. The average Bonchev–Trinajstić information content (AvgIpc) is 2.97. The predicted octanol–water partition coefficient (Wildman–Crippen LogP) is 2.89. The van der Waals surface area contributed by atoms with E-state index in [2.05, 4.69) is 0 Å². The molecule has 1 unspecified atom stereocenters. The summed E-state index contributed by atoms with van der Waals surface area (Å²) in [5.74, 6) is 1.90. The van der Waals surface area contributed by atoms with E-state index in [1.54, 1.807) is 32.4 Å². The molecule has 0 aromatic heterocycles. The summed E-state index contributed by atoms with van der Waals surface area (Å²) in [4.78, 5) is 12.6. The summed E-state index contributed by atoms with van der Waals surface area (Å²) >= 11 is 0. The molecule has 1 aliphatic heterocycles. The number of rotatable bonds is 4. The van der Waals surface area contributed by atoms with Crippen molar-refractivity contribution >= 4 is 5.78 Å². The van der Waals surface area contributed by atoms with Crippen molar-refractivity contribution in [1.82, 2.24) is 0 Å². The number of ketones is 1. The molecule has 0 radical (unpaired) electrons. The lowest BCUT2D eigenvalue weighted by Crippen LogP contribution is -2.25. The van der Waals surface area contributed by atoms with Gasteiger partial charge in [-0.25, -0.2) is 0 Å². The second kappa shape index (κ2) is 5.48. The van der Waals surface area contributed by atoms with Crippen molar-refractivity contribution in [3.05, 3.63) is 53.6 Å².